The second-order valence-electron chi connectivity index (χ2n) is 5.68. The largest absolute Gasteiger partial charge is 0.368 e. The quantitative estimate of drug-likeness (QED) is 0.828. The molecule has 118 valence electrons. The van der Waals surface area contributed by atoms with Gasteiger partial charge in [0.25, 0.3) is 0 Å². The first-order chi connectivity index (χ1) is 11.2. The van der Waals surface area contributed by atoms with Crippen LogP contribution in [0.4, 0.5) is 11.6 Å². The molecule has 2 aromatic rings. The fraction of sp³-hybridized carbons (Fsp3) is 0.353. The van der Waals surface area contributed by atoms with E-state index in [9.17, 15) is 5.26 Å². The number of hydrogen-bond acceptors (Lipinski definition) is 5. The van der Waals surface area contributed by atoms with Crippen LogP contribution >= 0.6 is 15.9 Å². The molecule has 1 aliphatic rings. The first kappa shape index (κ1) is 15.8. The van der Waals surface area contributed by atoms with Crippen LogP contribution in [0.25, 0.3) is 0 Å². The van der Waals surface area contributed by atoms with E-state index in [0.29, 0.717) is 11.6 Å². The predicted molar refractivity (Wildman–Crippen MR) is 94.5 cm³/mol. The second-order valence-corrected chi connectivity index (χ2v) is 6.59. The summed E-state index contributed by atoms with van der Waals surface area (Å²) in [7, 11) is 2.04. The zero-order valence-electron chi connectivity index (χ0n) is 13.0. The van der Waals surface area contributed by atoms with Crippen LogP contribution < -0.4 is 9.80 Å². The summed E-state index contributed by atoms with van der Waals surface area (Å²) in [5, 5.41) is 9.37. The van der Waals surface area contributed by atoms with E-state index < -0.39 is 0 Å². The van der Waals surface area contributed by atoms with Crippen molar-refractivity contribution in [1.82, 2.24) is 9.97 Å². The van der Waals surface area contributed by atoms with E-state index in [1.54, 1.807) is 12.4 Å². The fourth-order valence-corrected chi connectivity index (χ4v) is 3.34. The molecule has 5 nitrogen and oxygen atoms in total. The van der Waals surface area contributed by atoms with E-state index in [1.165, 1.54) is 0 Å². The summed E-state index contributed by atoms with van der Waals surface area (Å²) in [6, 6.07) is 10.3. The standard InChI is InChI=1S/C17H18BrN5/c1-22(17-20-7-3-8-21-17)15-4-2-9-23(12-15)16-10-14(18)6-5-13(16)11-19/h3,5-8,10,15H,2,4,9,12H2,1H3. The Morgan fingerprint density at radius 2 is 2.13 bits per heavy atom. The van der Waals surface area contributed by atoms with Gasteiger partial charge in [-0.05, 0) is 37.1 Å². The molecule has 0 bridgehead atoms. The SMILES string of the molecule is CN(c1ncccn1)C1CCCN(c2cc(Br)ccc2C#N)C1. The number of benzene rings is 1. The highest BCUT2D eigenvalue weighted by Crippen LogP contribution is 2.28. The molecule has 1 aliphatic heterocycles. The van der Waals surface area contributed by atoms with Crippen LogP contribution in [0.15, 0.2) is 41.1 Å². The Morgan fingerprint density at radius 3 is 2.87 bits per heavy atom. The number of aromatic nitrogens is 2. The van der Waals surface area contributed by atoms with E-state index in [4.69, 9.17) is 0 Å². The van der Waals surface area contributed by atoms with Gasteiger partial charge in [-0.25, -0.2) is 9.97 Å². The van der Waals surface area contributed by atoms with E-state index in [0.717, 1.165) is 42.0 Å². The Bertz CT molecular complexity index is 713. The maximum absolute atomic E-state index is 9.37. The van der Waals surface area contributed by atoms with Crippen LogP contribution in [0.1, 0.15) is 18.4 Å². The van der Waals surface area contributed by atoms with Crippen LogP contribution in [0, 0.1) is 11.3 Å². The van der Waals surface area contributed by atoms with Crippen molar-refractivity contribution < 1.29 is 0 Å². The number of piperidine rings is 1. The van der Waals surface area contributed by atoms with Crippen molar-refractivity contribution in [3.8, 4) is 6.07 Å². The monoisotopic (exact) mass is 371 g/mol. The summed E-state index contributed by atoms with van der Waals surface area (Å²) >= 11 is 3.51. The van der Waals surface area contributed by atoms with Crippen molar-refractivity contribution in [1.29, 1.82) is 5.26 Å². The Hall–Kier alpha value is -2.13. The summed E-state index contributed by atoms with van der Waals surface area (Å²) in [6.45, 7) is 1.82. The van der Waals surface area contributed by atoms with Crippen LogP contribution in [-0.2, 0) is 0 Å². The molecule has 0 saturated carbocycles. The summed E-state index contributed by atoms with van der Waals surface area (Å²) in [4.78, 5) is 13.1. The molecule has 1 aromatic carbocycles. The molecule has 0 spiro atoms. The van der Waals surface area contributed by atoms with Gasteiger partial charge < -0.3 is 9.80 Å². The van der Waals surface area contributed by atoms with Gasteiger partial charge in [0.1, 0.15) is 6.07 Å². The van der Waals surface area contributed by atoms with Gasteiger partial charge in [-0.3, -0.25) is 0 Å². The third-order valence-corrected chi connectivity index (χ3v) is 4.73. The molecule has 1 unspecified atom stereocenters. The maximum Gasteiger partial charge on any atom is 0.225 e. The molecule has 3 rings (SSSR count). The minimum atomic E-state index is 0.330. The van der Waals surface area contributed by atoms with E-state index in [2.05, 4.69) is 41.8 Å². The van der Waals surface area contributed by atoms with Gasteiger partial charge in [0, 0.05) is 43.0 Å². The number of nitriles is 1. The van der Waals surface area contributed by atoms with Crippen molar-refractivity contribution in [3.63, 3.8) is 0 Å². The summed E-state index contributed by atoms with van der Waals surface area (Å²) in [6.07, 6.45) is 5.71. The molecule has 1 aromatic heterocycles. The molecular formula is C17H18BrN5. The third kappa shape index (κ3) is 3.45. The maximum atomic E-state index is 9.37. The molecule has 0 radical (unpaired) electrons. The molecule has 6 heteroatoms. The number of hydrogen-bond donors (Lipinski definition) is 0. The Balaban J connectivity index is 1.82. The molecule has 0 amide bonds. The van der Waals surface area contributed by atoms with Crippen molar-refractivity contribution in [3.05, 3.63) is 46.7 Å². The molecule has 1 fully saturated rings. The van der Waals surface area contributed by atoms with Gasteiger partial charge in [0.05, 0.1) is 11.3 Å². The minimum absolute atomic E-state index is 0.330. The second kappa shape index (κ2) is 6.97. The van der Waals surface area contributed by atoms with Gasteiger partial charge >= 0.3 is 0 Å². The third-order valence-electron chi connectivity index (χ3n) is 4.23. The van der Waals surface area contributed by atoms with Crippen molar-refractivity contribution >= 4 is 27.6 Å². The summed E-state index contributed by atoms with van der Waals surface area (Å²) < 4.78 is 0.994. The Morgan fingerprint density at radius 1 is 1.35 bits per heavy atom. The highest BCUT2D eigenvalue weighted by molar-refractivity contribution is 9.10. The molecule has 0 N–H and O–H groups in total. The highest BCUT2D eigenvalue weighted by atomic mass is 79.9. The lowest BCUT2D eigenvalue weighted by Crippen LogP contribution is -2.47. The van der Waals surface area contributed by atoms with Crippen molar-refractivity contribution in [2.24, 2.45) is 0 Å². The van der Waals surface area contributed by atoms with Crippen LogP contribution in [-0.4, -0.2) is 36.1 Å². The topological polar surface area (TPSA) is 56.1 Å². The van der Waals surface area contributed by atoms with Crippen molar-refractivity contribution in [2.75, 3.05) is 29.9 Å². The number of rotatable bonds is 3. The average molecular weight is 372 g/mol. The highest BCUT2D eigenvalue weighted by Gasteiger charge is 2.26. The molecule has 23 heavy (non-hydrogen) atoms. The zero-order valence-corrected chi connectivity index (χ0v) is 14.6. The number of nitrogens with zero attached hydrogens (tertiary/aromatic N) is 5. The van der Waals surface area contributed by atoms with E-state index >= 15 is 0 Å². The van der Waals surface area contributed by atoms with E-state index in [1.807, 2.05) is 31.3 Å². The van der Waals surface area contributed by atoms with Crippen LogP contribution in [0.3, 0.4) is 0 Å². The van der Waals surface area contributed by atoms with Crippen molar-refractivity contribution in [2.45, 2.75) is 18.9 Å². The Labute approximate surface area is 144 Å². The first-order valence-corrected chi connectivity index (χ1v) is 8.43. The van der Waals surface area contributed by atoms with Crippen LogP contribution in [0.5, 0.6) is 0 Å². The number of likely N-dealkylation sites (N-methyl/N-ethyl adjacent to an activating group) is 1. The molecule has 2 heterocycles. The Kier molecular flexibility index (Phi) is 4.77. The normalized spacial score (nSPS) is 17.6. The zero-order chi connectivity index (χ0) is 16.2. The van der Waals surface area contributed by atoms with Gasteiger partial charge in [0.2, 0.25) is 5.95 Å². The predicted octanol–water partition coefficient (Wildman–Crippen LogP) is 3.22. The lowest BCUT2D eigenvalue weighted by atomic mass is 10.0. The number of anilines is 2. The fourth-order valence-electron chi connectivity index (χ4n) is 2.99. The van der Waals surface area contributed by atoms with Gasteiger partial charge in [-0.2, -0.15) is 5.26 Å². The smallest absolute Gasteiger partial charge is 0.225 e. The lowest BCUT2D eigenvalue weighted by molar-refractivity contribution is 0.483. The molecule has 1 atom stereocenters. The van der Waals surface area contributed by atoms with Gasteiger partial charge in [-0.1, -0.05) is 15.9 Å². The summed E-state index contributed by atoms with van der Waals surface area (Å²) in [5.74, 6) is 0.745. The minimum Gasteiger partial charge on any atom is -0.368 e. The van der Waals surface area contributed by atoms with Gasteiger partial charge in [-0.15, -0.1) is 0 Å². The van der Waals surface area contributed by atoms with Crippen LogP contribution in [0.2, 0.25) is 0 Å². The number of halogens is 1. The summed E-state index contributed by atoms with van der Waals surface area (Å²) in [5.41, 5.74) is 1.71. The van der Waals surface area contributed by atoms with E-state index in [-0.39, 0.29) is 0 Å². The van der Waals surface area contributed by atoms with Gasteiger partial charge in [0.15, 0.2) is 0 Å². The average Bonchev–Trinajstić information content (AvgIpc) is 2.62. The molecule has 1 saturated heterocycles. The molecule has 0 aliphatic carbocycles. The first-order valence-electron chi connectivity index (χ1n) is 7.63. The lowest BCUT2D eigenvalue weighted by Gasteiger charge is -2.39. The molecular weight excluding hydrogens is 354 g/mol.